The Hall–Kier alpha value is -0.0800. The number of rotatable bonds is 2. The molecule has 0 saturated heterocycles. The SMILES string of the molecule is CC1CC(C2(C3CC(C)C(N)C(C)C3)CCCCCCCCCCC2)CC(C)C1N. The molecule has 0 bridgehead atoms. The van der Waals surface area contributed by atoms with Crippen LogP contribution < -0.4 is 11.5 Å². The topological polar surface area (TPSA) is 52.0 Å². The molecule has 3 rings (SSSR count). The molecule has 0 aromatic carbocycles. The normalized spacial score (nSPS) is 44.6. The van der Waals surface area contributed by atoms with Crippen molar-refractivity contribution in [3.05, 3.63) is 0 Å². The third-order valence-electron chi connectivity index (χ3n) is 10.2. The maximum Gasteiger partial charge on any atom is 0.00905 e. The molecule has 0 amide bonds. The summed E-state index contributed by atoms with van der Waals surface area (Å²) in [4.78, 5) is 0. The average Bonchev–Trinajstić information content (AvgIpc) is 2.70. The average molecular weight is 419 g/mol. The highest BCUT2D eigenvalue weighted by atomic mass is 14.7. The van der Waals surface area contributed by atoms with Crippen molar-refractivity contribution in [3.63, 3.8) is 0 Å². The van der Waals surface area contributed by atoms with Crippen molar-refractivity contribution in [1.29, 1.82) is 0 Å². The van der Waals surface area contributed by atoms with Crippen LogP contribution in [0.25, 0.3) is 0 Å². The first-order valence-electron chi connectivity index (χ1n) is 13.9. The van der Waals surface area contributed by atoms with Crippen molar-refractivity contribution < 1.29 is 0 Å². The molecule has 0 aliphatic heterocycles. The molecule has 4 N–H and O–H groups in total. The van der Waals surface area contributed by atoms with Crippen LogP contribution in [0.15, 0.2) is 0 Å². The lowest BCUT2D eigenvalue weighted by Gasteiger charge is -2.55. The predicted octanol–water partition coefficient (Wildman–Crippen LogP) is 7.30. The molecule has 3 aliphatic rings. The Morgan fingerprint density at radius 1 is 0.467 bits per heavy atom. The van der Waals surface area contributed by atoms with Gasteiger partial charge in [0.05, 0.1) is 0 Å². The van der Waals surface area contributed by atoms with Crippen LogP contribution in [0.4, 0.5) is 0 Å². The van der Waals surface area contributed by atoms with Gasteiger partial charge in [0.15, 0.2) is 0 Å². The Labute approximate surface area is 188 Å². The van der Waals surface area contributed by atoms with Gasteiger partial charge in [-0.2, -0.15) is 0 Å². The molecule has 0 heterocycles. The second kappa shape index (κ2) is 11.2. The van der Waals surface area contributed by atoms with Crippen molar-refractivity contribution in [2.45, 2.75) is 136 Å². The number of hydrogen-bond donors (Lipinski definition) is 2. The maximum atomic E-state index is 6.62. The van der Waals surface area contributed by atoms with Crippen molar-refractivity contribution in [2.75, 3.05) is 0 Å². The van der Waals surface area contributed by atoms with Crippen LogP contribution in [0, 0.1) is 40.9 Å². The molecule has 0 spiro atoms. The quantitative estimate of drug-likeness (QED) is 0.494. The highest BCUT2D eigenvalue weighted by molar-refractivity contribution is 5.01. The van der Waals surface area contributed by atoms with E-state index in [1.807, 2.05) is 0 Å². The Balaban J connectivity index is 1.89. The molecule has 30 heavy (non-hydrogen) atoms. The Morgan fingerprint density at radius 3 is 1.03 bits per heavy atom. The van der Waals surface area contributed by atoms with Gasteiger partial charge < -0.3 is 11.5 Å². The molecule has 2 nitrogen and oxygen atoms in total. The van der Waals surface area contributed by atoms with Gasteiger partial charge in [-0.15, -0.1) is 0 Å². The van der Waals surface area contributed by atoms with E-state index in [0.29, 0.717) is 41.2 Å². The highest BCUT2D eigenvalue weighted by Gasteiger charge is 2.50. The van der Waals surface area contributed by atoms with Crippen molar-refractivity contribution >= 4 is 0 Å². The Morgan fingerprint density at radius 2 is 0.733 bits per heavy atom. The van der Waals surface area contributed by atoms with E-state index >= 15 is 0 Å². The largest absolute Gasteiger partial charge is 0.327 e. The zero-order chi connectivity index (χ0) is 21.7. The summed E-state index contributed by atoms with van der Waals surface area (Å²) < 4.78 is 0. The fraction of sp³-hybridized carbons (Fsp3) is 1.00. The molecule has 4 unspecified atom stereocenters. The minimum Gasteiger partial charge on any atom is -0.327 e. The first-order chi connectivity index (χ1) is 14.3. The summed E-state index contributed by atoms with van der Waals surface area (Å²) in [6.45, 7) is 9.77. The highest BCUT2D eigenvalue weighted by Crippen LogP contribution is 2.57. The van der Waals surface area contributed by atoms with Gasteiger partial charge in [0.25, 0.3) is 0 Å². The lowest BCUT2D eigenvalue weighted by atomic mass is 9.51. The Bertz CT molecular complexity index is 435. The second-order valence-corrected chi connectivity index (χ2v) is 12.3. The maximum absolute atomic E-state index is 6.62. The summed E-state index contributed by atoms with van der Waals surface area (Å²) in [5.41, 5.74) is 13.8. The van der Waals surface area contributed by atoms with Crippen LogP contribution in [-0.2, 0) is 0 Å². The van der Waals surface area contributed by atoms with Crippen LogP contribution in [0.1, 0.15) is 124 Å². The van der Waals surface area contributed by atoms with Crippen molar-refractivity contribution in [3.8, 4) is 0 Å². The molecule has 3 fully saturated rings. The van der Waals surface area contributed by atoms with Crippen LogP contribution in [-0.4, -0.2) is 12.1 Å². The van der Waals surface area contributed by atoms with Crippen molar-refractivity contribution in [2.24, 2.45) is 52.4 Å². The summed E-state index contributed by atoms with van der Waals surface area (Å²) >= 11 is 0. The monoisotopic (exact) mass is 418 g/mol. The summed E-state index contributed by atoms with van der Waals surface area (Å²) in [5, 5.41) is 0. The van der Waals surface area contributed by atoms with E-state index in [-0.39, 0.29) is 0 Å². The zero-order valence-electron chi connectivity index (χ0n) is 20.9. The van der Waals surface area contributed by atoms with Gasteiger partial charge in [0, 0.05) is 12.1 Å². The third-order valence-corrected chi connectivity index (χ3v) is 10.2. The van der Waals surface area contributed by atoms with E-state index in [9.17, 15) is 0 Å². The Kier molecular flexibility index (Phi) is 9.15. The van der Waals surface area contributed by atoms with E-state index in [1.54, 1.807) is 0 Å². The van der Waals surface area contributed by atoms with Crippen LogP contribution in [0.3, 0.4) is 0 Å². The smallest absolute Gasteiger partial charge is 0.00905 e. The minimum absolute atomic E-state index is 0.405. The predicted molar refractivity (Wildman–Crippen MR) is 131 cm³/mol. The van der Waals surface area contributed by atoms with Crippen LogP contribution in [0.5, 0.6) is 0 Å². The van der Waals surface area contributed by atoms with E-state index in [0.717, 1.165) is 11.8 Å². The summed E-state index contributed by atoms with van der Waals surface area (Å²) in [6, 6.07) is 0.810. The van der Waals surface area contributed by atoms with Gasteiger partial charge in [-0.1, -0.05) is 85.5 Å². The van der Waals surface area contributed by atoms with E-state index in [4.69, 9.17) is 11.5 Å². The van der Waals surface area contributed by atoms with Crippen molar-refractivity contribution in [1.82, 2.24) is 0 Å². The van der Waals surface area contributed by atoms with Gasteiger partial charge in [0.1, 0.15) is 0 Å². The molecular formula is C28H54N2. The summed E-state index contributed by atoms with van der Waals surface area (Å²) in [6.07, 6.45) is 21.6. The van der Waals surface area contributed by atoms with E-state index < -0.39 is 0 Å². The molecule has 0 radical (unpaired) electrons. The second-order valence-electron chi connectivity index (χ2n) is 12.3. The zero-order valence-corrected chi connectivity index (χ0v) is 20.9. The van der Waals surface area contributed by atoms with Crippen LogP contribution in [0.2, 0.25) is 0 Å². The summed E-state index contributed by atoms with van der Waals surface area (Å²) in [5.74, 6) is 4.47. The number of nitrogens with two attached hydrogens (primary N) is 2. The van der Waals surface area contributed by atoms with Gasteiger partial charge in [-0.25, -0.2) is 0 Å². The summed E-state index contributed by atoms with van der Waals surface area (Å²) in [7, 11) is 0. The lowest BCUT2D eigenvalue weighted by molar-refractivity contribution is -0.0435. The lowest BCUT2D eigenvalue weighted by Crippen LogP contribution is -2.51. The van der Waals surface area contributed by atoms with Gasteiger partial charge in [-0.05, 0) is 79.4 Å². The third kappa shape index (κ3) is 5.64. The first-order valence-corrected chi connectivity index (χ1v) is 13.9. The molecule has 2 heteroatoms. The molecule has 0 aromatic rings. The van der Waals surface area contributed by atoms with E-state index in [1.165, 1.54) is 96.3 Å². The molecule has 3 saturated carbocycles. The molecule has 176 valence electrons. The van der Waals surface area contributed by atoms with Crippen LogP contribution >= 0.6 is 0 Å². The fourth-order valence-electron chi connectivity index (χ4n) is 8.10. The molecule has 3 aliphatic carbocycles. The molecule has 4 atom stereocenters. The molecule has 0 aromatic heterocycles. The van der Waals surface area contributed by atoms with Gasteiger partial charge >= 0.3 is 0 Å². The first kappa shape index (κ1) is 24.6. The minimum atomic E-state index is 0.405. The van der Waals surface area contributed by atoms with Gasteiger partial charge in [0.2, 0.25) is 0 Å². The van der Waals surface area contributed by atoms with E-state index in [2.05, 4.69) is 27.7 Å². The fourth-order valence-corrected chi connectivity index (χ4v) is 8.10. The number of hydrogen-bond acceptors (Lipinski definition) is 2. The molecular weight excluding hydrogens is 364 g/mol. The van der Waals surface area contributed by atoms with Gasteiger partial charge in [-0.3, -0.25) is 0 Å². The standard InChI is InChI=1S/C28H54N2/c1-20-16-24(17-21(2)26(20)29)28(25-18-22(3)27(30)23(4)19-25)14-12-10-8-6-5-7-9-11-13-15-28/h20-27H,5-19,29-30H2,1-4H3.